The maximum absolute atomic E-state index is 13.5. The summed E-state index contributed by atoms with van der Waals surface area (Å²) in [7, 11) is 0. The molecule has 2 unspecified atom stereocenters. The lowest BCUT2D eigenvalue weighted by Gasteiger charge is -2.13. The zero-order valence-electron chi connectivity index (χ0n) is 56.2. The van der Waals surface area contributed by atoms with Gasteiger partial charge in [-0.15, -0.1) is 113 Å². The summed E-state index contributed by atoms with van der Waals surface area (Å²) in [5.74, 6) is 1.33. The molecule has 1 aromatic carbocycles. The quantitative estimate of drug-likeness (QED) is 0.0221. The number of nitrogens with zero attached hydrogens (tertiary/aromatic N) is 6. The van der Waals surface area contributed by atoms with Crippen LogP contribution in [0.15, 0.2) is 95.0 Å². The highest BCUT2D eigenvalue weighted by Crippen LogP contribution is 2.54. The first-order chi connectivity index (χ1) is 47.9. The highest BCUT2D eigenvalue weighted by Gasteiger charge is 2.34. The van der Waals surface area contributed by atoms with E-state index in [0.29, 0.717) is 43.4 Å². The third kappa shape index (κ3) is 16.5. The topological polar surface area (TPSA) is 92.2 Å². The highest BCUT2D eigenvalue weighted by molar-refractivity contribution is 8.27. The lowest BCUT2D eigenvalue weighted by molar-refractivity contribution is -0.123. The molecule has 2 amide bonds. The number of thioether (sulfide) groups is 2. The molecule has 2 saturated heterocycles. The summed E-state index contributed by atoms with van der Waals surface area (Å²) in [5.41, 5.74) is 4.51. The van der Waals surface area contributed by atoms with Crippen LogP contribution in [-0.2, 0) is 22.4 Å². The van der Waals surface area contributed by atoms with E-state index in [4.69, 9.17) is 44.4 Å². The molecule has 2 fully saturated rings. The van der Waals surface area contributed by atoms with E-state index >= 15 is 0 Å². The number of thiazole rings is 4. The lowest BCUT2D eigenvalue weighted by Crippen LogP contribution is -2.28. The Hall–Kier alpha value is -4.24. The molecule has 2 atom stereocenters. The first-order valence-corrected chi connectivity index (χ1v) is 45.3. The molecule has 0 N–H and O–H groups in total. The van der Waals surface area contributed by atoms with Crippen LogP contribution >= 0.6 is 161 Å². The number of unbranched alkanes of at least 4 members (excludes halogenated alkanes) is 10. The average Bonchev–Trinajstić information content (AvgIpc) is 1.55. The van der Waals surface area contributed by atoms with Gasteiger partial charge in [-0.05, 0) is 122 Å². The molecule has 13 rings (SSSR count). The Morgan fingerprint density at radius 1 is 0.398 bits per heavy atom. The Labute approximate surface area is 636 Å². The highest BCUT2D eigenvalue weighted by atomic mass is 32.2. The van der Waals surface area contributed by atoms with Gasteiger partial charge in [0.2, 0.25) is 0 Å². The van der Waals surface area contributed by atoms with E-state index in [1.807, 2.05) is 69.9 Å². The van der Waals surface area contributed by atoms with Gasteiger partial charge >= 0.3 is 0 Å². The Morgan fingerprint density at radius 3 is 1.13 bits per heavy atom. The molecule has 2 aliphatic rings. The van der Waals surface area contributed by atoms with Crippen molar-refractivity contribution >= 4 is 214 Å². The SMILES string of the molecule is CCCCCCCN1C(=O)/C(=C/c2cnc(-c3ccc(-c4ccc(-c5nc6c(-c7ccc(CC(CC)CCCC)s7)c7sc(-c8ccc(-c9ccc(-c%10ncc(/C=C%11\SC(=S)N(CCCCCCC)C%11=O)s%10)s9)s8)nc7c(-c7ccc(CC(CC)CCCC)s7)c6s5)s4)s3)s2)SC1=S. The van der Waals surface area contributed by atoms with Crippen LogP contribution in [0.1, 0.15) is 177 Å². The largest absolute Gasteiger partial charge is 0.293 e. The fraction of sp³-hybridized carbons (Fsp3) is 0.395. The van der Waals surface area contributed by atoms with Crippen LogP contribution < -0.4 is 0 Å². The third-order valence-corrected chi connectivity index (χ3v) is 32.6. The molecule has 0 aliphatic carbocycles. The predicted molar refractivity (Wildman–Crippen MR) is 446 cm³/mol. The molecular weight excluding hydrogens is 1480 g/mol. The van der Waals surface area contributed by atoms with Crippen LogP contribution in [0.2, 0.25) is 0 Å². The number of benzene rings is 1. The lowest BCUT2D eigenvalue weighted by atomic mass is 9.95. The van der Waals surface area contributed by atoms with E-state index in [2.05, 4.69) is 114 Å². The van der Waals surface area contributed by atoms with Crippen LogP contribution in [0, 0.1) is 11.8 Å². The molecular formula is C76H80N6O2S14. The van der Waals surface area contributed by atoms with Gasteiger partial charge in [0.15, 0.2) is 0 Å². The normalized spacial score (nSPS) is 15.2. The number of hydrogen-bond acceptors (Lipinski definition) is 20. The van der Waals surface area contributed by atoms with Gasteiger partial charge in [0.05, 0.1) is 49.8 Å². The van der Waals surface area contributed by atoms with Gasteiger partial charge in [-0.25, -0.2) is 19.9 Å². The maximum atomic E-state index is 13.5. The van der Waals surface area contributed by atoms with Crippen molar-refractivity contribution in [2.45, 2.75) is 170 Å². The average molecular weight is 1560 g/mol. The summed E-state index contributed by atoms with van der Waals surface area (Å²) >= 11 is 32.1. The molecule has 11 aromatic rings. The molecule has 0 radical (unpaired) electrons. The summed E-state index contributed by atoms with van der Waals surface area (Å²) in [6.07, 6.45) is 31.1. The second-order valence-corrected chi connectivity index (χ2v) is 39.3. The van der Waals surface area contributed by atoms with E-state index < -0.39 is 0 Å². The number of fused-ring (bicyclic) bond motifs is 2. The van der Waals surface area contributed by atoms with Gasteiger partial charge in [0, 0.05) is 85.4 Å². The number of carbonyl (C=O) groups is 2. The summed E-state index contributed by atoms with van der Waals surface area (Å²) in [6, 6.07) is 27.4. The van der Waals surface area contributed by atoms with Crippen LogP contribution in [0.4, 0.5) is 0 Å². The molecule has 510 valence electrons. The number of thiophene rings is 6. The third-order valence-electron chi connectivity index (χ3n) is 18.1. The van der Waals surface area contributed by atoms with E-state index in [1.165, 1.54) is 173 Å². The number of amides is 2. The van der Waals surface area contributed by atoms with Crippen LogP contribution in [-0.4, -0.2) is 63.3 Å². The number of thiocarbonyl (C=S) groups is 2. The molecule has 0 spiro atoms. The van der Waals surface area contributed by atoms with Crippen LogP contribution in [0.25, 0.3) is 113 Å². The standard InChI is InChI=1S/C76H80N6O2S14/c1-7-13-17-19-21-37-81-73(83)61(95-75(81)85)41-49-43-77-69(89-49)57-33-29-51(91-57)53-31-35-59(93-53)71-79-65-63(55-27-25-47(87-55)39-45(11-5)23-15-9-3)68-66(64(67(65)97-71)56-28-26-48(88-56)40-46(12-6)24-16-10-4)80-72(98-68)60-36-32-54(94-60)52-30-34-58(92-52)70-78-44-50(90-70)42-62-74(84)82(76(86)96-62)38-22-20-18-14-8-2/h25-36,41-46H,7-24,37-40H2,1-6H3/b61-41-,62-42-. The number of carbonyl (C=O) groups excluding carboxylic acids is 2. The number of aromatic nitrogens is 4. The van der Waals surface area contributed by atoms with Crippen LogP contribution in [0.5, 0.6) is 0 Å². The molecule has 2 aliphatic heterocycles. The zero-order chi connectivity index (χ0) is 67.8. The number of rotatable bonds is 34. The van der Waals surface area contributed by atoms with E-state index in [1.54, 1.807) is 77.8 Å². The number of hydrogen-bond donors (Lipinski definition) is 0. The maximum Gasteiger partial charge on any atom is 0.266 e. The molecule has 98 heavy (non-hydrogen) atoms. The Morgan fingerprint density at radius 2 is 0.755 bits per heavy atom. The fourth-order valence-electron chi connectivity index (χ4n) is 12.6. The Balaban J connectivity index is 0.824. The Kier molecular flexibility index (Phi) is 25.0. The minimum absolute atomic E-state index is 0.00848. The minimum atomic E-state index is 0.00848. The molecule has 12 heterocycles. The van der Waals surface area contributed by atoms with Crippen molar-refractivity contribution in [2.24, 2.45) is 11.8 Å². The smallest absolute Gasteiger partial charge is 0.266 e. The van der Waals surface area contributed by atoms with Gasteiger partial charge in [-0.1, -0.05) is 192 Å². The monoisotopic (exact) mass is 1560 g/mol. The van der Waals surface area contributed by atoms with Crippen molar-refractivity contribution < 1.29 is 9.59 Å². The summed E-state index contributed by atoms with van der Waals surface area (Å²) in [4.78, 5) is 69.8. The first-order valence-electron chi connectivity index (χ1n) is 34.7. The zero-order valence-corrected chi connectivity index (χ0v) is 67.6. The Bertz CT molecular complexity index is 4330. The second-order valence-electron chi connectivity index (χ2n) is 25.2. The minimum Gasteiger partial charge on any atom is -0.293 e. The van der Waals surface area contributed by atoms with Gasteiger partial charge in [-0.2, -0.15) is 0 Å². The predicted octanol–water partition coefficient (Wildman–Crippen LogP) is 27.4. The first kappa shape index (κ1) is 72.1. The van der Waals surface area contributed by atoms with Crippen LogP contribution in [0.3, 0.4) is 0 Å². The van der Waals surface area contributed by atoms with Gasteiger partial charge in [0.25, 0.3) is 11.8 Å². The van der Waals surface area contributed by atoms with Gasteiger partial charge in [-0.3, -0.25) is 19.4 Å². The van der Waals surface area contributed by atoms with Crippen molar-refractivity contribution in [1.29, 1.82) is 0 Å². The molecule has 8 nitrogen and oxygen atoms in total. The molecule has 10 aromatic heterocycles. The molecule has 22 heteroatoms. The van der Waals surface area contributed by atoms with Crippen molar-refractivity contribution in [3.05, 3.63) is 115 Å². The molecule has 0 saturated carbocycles. The summed E-state index contributed by atoms with van der Waals surface area (Å²) in [6.45, 7) is 15.1. The second kappa shape index (κ2) is 33.9. The van der Waals surface area contributed by atoms with E-state index in [-0.39, 0.29) is 11.8 Å². The van der Waals surface area contributed by atoms with Crippen molar-refractivity contribution in [2.75, 3.05) is 13.1 Å². The van der Waals surface area contributed by atoms with Crippen molar-refractivity contribution in [1.82, 2.24) is 29.7 Å². The van der Waals surface area contributed by atoms with E-state index in [9.17, 15) is 9.59 Å². The van der Waals surface area contributed by atoms with Crippen molar-refractivity contribution in [3.8, 4) is 79.9 Å². The summed E-state index contributed by atoms with van der Waals surface area (Å²) in [5, 5.41) is 3.93. The van der Waals surface area contributed by atoms with Gasteiger partial charge < -0.3 is 0 Å². The summed E-state index contributed by atoms with van der Waals surface area (Å²) < 4.78 is 3.68. The fourth-order valence-corrected chi connectivity index (χ4v) is 26.2. The van der Waals surface area contributed by atoms with Gasteiger partial charge in [0.1, 0.15) is 28.7 Å². The van der Waals surface area contributed by atoms with E-state index in [0.717, 1.165) is 98.9 Å². The molecule has 0 bridgehead atoms. The van der Waals surface area contributed by atoms with Crippen molar-refractivity contribution in [3.63, 3.8) is 0 Å².